The van der Waals surface area contributed by atoms with E-state index in [2.05, 4.69) is 55.6 Å². The molecule has 0 saturated carbocycles. The van der Waals surface area contributed by atoms with Gasteiger partial charge in [-0.1, -0.05) is 107 Å². The number of hydrogen-bond acceptors (Lipinski definition) is 13. The van der Waals surface area contributed by atoms with Crippen LogP contribution in [0.4, 0.5) is 0 Å². The second-order valence-corrected chi connectivity index (χ2v) is 23.5. The van der Waals surface area contributed by atoms with Crippen molar-refractivity contribution in [3.63, 3.8) is 0 Å². The first-order valence-corrected chi connectivity index (χ1v) is 27.4. The van der Waals surface area contributed by atoms with E-state index in [1.54, 1.807) is 35.3 Å². The van der Waals surface area contributed by atoms with E-state index in [1.165, 1.54) is 0 Å². The number of ether oxygens (including phenoxy) is 2. The predicted molar refractivity (Wildman–Crippen MR) is 277 cm³/mol. The van der Waals surface area contributed by atoms with Crippen LogP contribution >= 0.6 is 23.5 Å². The lowest BCUT2D eigenvalue weighted by Crippen LogP contribution is -2.58. The maximum Gasteiger partial charge on any atom is 0.246 e. The smallest absolute Gasteiger partial charge is 0.246 e. The van der Waals surface area contributed by atoms with Gasteiger partial charge >= 0.3 is 0 Å². The Morgan fingerprint density at radius 2 is 1.38 bits per heavy atom. The normalized spacial score (nSPS) is 25.6. The van der Waals surface area contributed by atoms with Crippen LogP contribution in [0.15, 0.2) is 66.9 Å². The summed E-state index contributed by atoms with van der Waals surface area (Å²) in [6.07, 6.45) is 5.48. The minimum Gasteiger partial charge on any atom is -0.377 e. The lowest BCUT2D eigenvalue weighted by atomic mass is 9.83. The van der Waals surface area contributed by atoms with Crippen molar-refractivity contribution in [2.45, 2.75) is 147 Å². The summed E-state index contributed by atoms with van der Waals surface area (Å²) in [5.74, 6) is 0.821. The fourth-order valence-corrected chi connectivity index (χ4v) is 13.5. The predicted octanol–water partition coefficient (Wildman–Crippen LogP) is 4.80. The summed E-state index contributed by atoms with van der Waals surface area (Å²) in [7, 11) is 1.70. The molecule has 5 heterocycles. The van der Waals surface area contributed by atoms with Gasteiger partial charge in [0, 0.05) is 18.5 Å². The summed E-state index contributed by atoms with van der Waals surface area (Å²) in [5, 5.41) is 24.4. The molecule has 4 aliphatic rings. The van der Waals surface area contributed by atoms with Crippen LogP contribution in [0.2, 0.25) is 0 Å². The molecule has 4 fully saturated rings. The number of amides is 5. The first-order chi connectivity index (χ1) is 34.0. The van der Waals surface area contributed by atoms with Gasteiger partial charge in [0.15, 0.2) is 0 Å². The summed E-state index contributed by atoms with van der Waals surface area (Å²) in [6.45, 7) is 16.0. The van der Waals surface area contributed by atoms with E-state index in [-0.39, 0.29) is 90.1 Å². The van der Waals surface area contributed by atoms with E-state index in [9.17, 15) is 24.0 Å². The van der Waals surface area contributed by atoms with E-state index in [1.807, 2.05) is 106 Å². The second kappa shape index (κ2) is 24.5. The highest BCUT2D eigenvalue weighted by Crippen LogP contribution is 2.47. The molecule has 3 aromatic rings. The van der Waals surface area contributed by atoms with Gasteiger partial charge in [-0.05, 0) is 79.5 Å². The molecule has 7 rings (SSSR count). The standard InChI is InChI=1S/C52H76N10O7S2/c1-9-33(2)46(63)54-37-20-24-70-42-26-51(4,5)44(61(42)29-37)48(65)56-41(36-18-14-11-15-19-36)32-69-30-38-28-60(59-58-38)22-23-68-31-40(35-16-12-10-13-17-35)57-49(66)45-52(6,7)27-43-62(45)50(67)39(21-25-71-43)55-47(64)34(3)53-8/h10-19,28,33-34,37,39-45,53H,9,20-27,29-32H2,1-8H3,(H,54,63)(H,55,64)(H,56,65)(H,57,66)/t33-,34+,37+,39+,40-,41-,42+,43+,44-,45-/m1/s1. The van der Waals surface area contributed by atoms with Crippen LogP contribution in [0.3, 0.4) is 0 Å². The number of thioether (sulfide) groups is 2. The summed E-state index contributed by atoms with van der Waals surface area (Å²) >= 11 is 3.54. The van der Waals surface area contributed by atoms with Gasteiger partial charge in [-0.3, -0.25) is 28.9 Å². The molecule has 71 heavy (non-hydrogen) atoms. The minimum absolute atomic E-state index is 0.0218. The zero-order valence-corrected chi connectivity index (χ0v) is 44.4. The molecule has 19 heteroatoms. The number of nitrogens with one attached hydrogen (secondary N) is 5. The minimum atomic E-state index is -0.748. The number of carbonyl (C=O) groups excluding carboxylic acids is 5. The molecule has 388 valence electrons. The third kappa shape index (κ3) is 13.6. The van der Waals surface area contributed by atoms with Crippen molar-refractivity contribution in [2.75, 3.05) is 44.9 Å². The molecule has 5 amide bonds. The molecule has 0 bridgehead atoms. The van der Waals surface area contributed by atoms with Gasteiger partial charge in [-0.25, -0.2) is 4.68 Å². The Morgan fingerprint density at radius 1 is 0.789 bits per heavy atom. The van der Waals surface area contributed by atoms with E-state index < -0.39 is 35.6 Å². The van der Waals surface area contributed by atoms with Crippen molar-refractivity contribution in [1.29, 1.82) is 0 Å². The van der Waals surface area contributed by atoms with Crippen LogP contribution in [0.1, 0.15) is 109 Å². The fourth-order valence-electron chi connectivity index (χ4n) is 10.3. The molecule has 0 spiro atoms. The third-order valence-corrected chi connectivity index (χ3v) is 17.1. The highest BCUT2D eigenvalue weighted by molar-refractivity contribution is 8.00. The highest BCUT2D eigenvalue weighted by Gasteiger charge is 2.55. The monoisotopic (exact) mass is 1020 g/mol. The molecule has 10 atom stereocenters. The summed E-state index contributed by atoms with van der Waals surface area (Å²) in [6, 6.07) is 16.3. The van der Waals surface area contributed by atoms with Crippen molar-refractivity contribution >= 4 is 53.1 Å². The van der Waals surface area contributed by atoms with Gasteiger partial charge in [-0.15, -0.1) is 28.6 Å². The van der Waals surface area contributed by atoms with E-state index >= 15 is 0 Å². The van der Waals surface area contributed by atoms with Crippen molar-refractivity contribution in [3.8, 4) is 0 Å². The highest BCUT2D eigenvalue weighted by atomic mass is 32.2. The van der Waals surface area contributed by atoms with Crippen molar-refractivity contribution in [2.24, 2.45) is 16.7 Å². The number of likely N-dealkylation sites (N-methyl/N-ethyl adjacent to an activating group) is 1. The molecule has 0 radical (unpaired) electrons. The molecular formula is C52H76N10O7S2. The van der Waals surface area contributed by atoms with E-state index in [0.717, 1.165) is 36.1 Å². The Balaban J connectivity index is 0.934. The fraction of sp³-hybridized carbons (Fsp3) is 0.635. The molecule has 0 unspecified atom stereocenters. The number of carbonyl (C=O) groups is 5. The Bertz CT molecular complexity index is 2270. The zero-order chi connectivity index (χ0) is 50.9. The summed E-state index contributed by atoms with van der Waals surface area (Å²) in [4.78, 5) is 72.8. The lowest BCUT2D eigenvalue weighted by Gasteiger charge is -2.35. The number of rotatable bonds is 21. The Labute approximate surface area is 428 Å². The molecule has 4 aliphatic heterocycles. The molecular weight excluding hydrogens is 941 g/mol. The van der Waals surface area contributed by atoms with Crippen LogP contribution in [-0.2, 0) is 46.6 Å². The number of aromatic nitrogens is 3. The van der Waals surface area contributed by atoms with Crippen molar-refractivity contribution in [3.05, 3.63) is 83.7 Å². The average molecular weight is 1020 g/mol. The summed E-state index contributed by atoms with van der Waals surface area (Å²) in [5.41, 5.74) is 1.63. The Hall–Kier alpha value is -4.53. The maximum atomic E-state index is 14.5. The van der Waals surface area contributed by atoms with Crippen LogP contribution in [0.5, 0.6) is 0 Å². The molecule has 4 saturated heterocycles. The number of benzene rings is 2. The Morgan fingerprint density at radius 3 is 2.03 bits per heavy atom. The molecule has 1 aromatic heterocycles. The van der Waals surface area contributed by atoms with Gasteiger partial charge in [0.1, 0.15) is 17.8 Å². The zero-order valence-electron chi connectivity index (χ0n) is 42.7. The third-order valence-electron chi connectivity index (χ3n) is 14.6. The van der Waals surface area contributed by atoms with Crippen LogP contribution < -0.4 is 26.6 Å². The quantitative estimate of drug-likeness (QED) is 0.0913. The van der Waals surface area contributed by atoms with Crippen LogP contribution in [0.25, 0.3) is 0 Å². The Kier molecular flexibility index (Phi) is 18.7. The van der Waals surface area contributed by atoms with Crippen LogP contribution in [0, 0.1) is 16.7 Å². The lowest BCUT2D eigenvalue weighted by molar-refractivity contribution is -0.144. The van der Waals surface area contributed by atoms with Crippen LogP contribution in [-0.4, -0.2) is 140 Å². The van der Waals surface area contributed by atoms with Gasteiger partial charge in [0.05, 0.1) is 74.1 Å². The topological polar surface area (TPSA) is 201 Å². The maximum absolute atomic E-state index is 14.5. The van der Waals surface area contributed by atoms with Gasteiger partial charge in [-0.2, -0.15) is 0 Å². The molecule has 2 aromatic carbocycles. The molecule has 5 N–H and O–H groups in total. The first-order valence-electron chi connectivity index (χ1n) is 25.3. The first kappa shape index (κ1) is 54.2. The number of hydrogen-bond donors (Lipinski definition) is 5. The molecule has 0 aliphatic carbocycles. The second-order valence-electron chi connectivity index (χ2n) is 21.0. The van der Waals surface area contributed by atoms with Crippen molar-refractivity contribution < 1.29 is 33.4 Å². The van der Waals surface area contributed by atoms with E-state index in [4.69, 9.17) is 9.47 Å². The SMILES string of the molecule is CC[C@@H](C)C(=O)N[C@H]1CCS[C@H]2CC(C)(C)[C@@H](C(=O)N[C@H](COCc3cn(CCOC[C@@H](NC(=O)[C@H]4N5C(=O)[C@@H](NC(=O)[C@H](C)NC)CCS[C@H]5CC4(C)C)c4ccccc4)nn3)c3ccccc3)N2C1. The van der Waals surface area contributed by atoms with Gasteiger partial charge < -0.3 is 41.0 Å². The number of nitrogens with zero attached hydrogens (tertiary/aromatic N) is 5. The van der Waals surface area contributed by atoms with E-state index in [0.29, 0.717) is 37.4 Å². The van der Waals surface area contributed by atoms with Crippen molar-refractivity contribution in [1.82, 2.24) is 51.4 Å². The largest absolute Gasteiger partial charge is 0.377 e. The average Bonchev–Trinajstić information content (AvgIpc) is 3.91. The number of fused-ring (bicyclic) bond motifs is 2. The molecule has 17 nitrogen and oxygen atoms in total. The van der Waals surface area contributed by atoms with Gasteiger partial charge in [0.25, 0.3) is 0 Å². The summed E-state index contributed by atoms with van der Waals surface area (Å²) < 4.78 is 14.2. The van der Waals surface area contributed by atoms with Gasteiger partial charge in [0.2, 0.25) is 29.5 Å².